The van der Waals surface area contributed by atoms with Crippen LogP contribution in [-0.4, -0.2) is 41.0 Å². The van der Waals surface area contributed by atoms with Crippen LogP contribution in [0.5, 0.6) is 5.75 Å². The highest BCUT2D eigenvalue weighted by molar-refractivity contribution is 6.29. The maximum absolute atomic E-state index is 13.6. The van der Waals surface area contributed by atoms with E-state index in [1.807, 2.05) is 0 Å². The fourth-order valence-electron chi connectivity index (χ4n) is 1.75. The number of aromatic nitrogens is 2. The summed E-state index contributed by atoms with van der Waals surface area (Å²) in [6.07, 6.45) is -2.59. The van der Waals surface area contributed by atoms with Gasteiger partial charge in [-0.05, 0) is 17.7 Å². The molecular formula is C15H15ClF2N4O2. The molecule has 1 N–H and O–H groups in total. The van der Waals surface area contributed by atoms with Crippen LogP contribution in [0.25, 0.3) is 0 Å². The molecule has 0 unspecified atom stereocenters. The Labute approximate surface area is 142 Å². The number of nitrogens with zero attached hydrogens (tertiary/aromatic N) is 3. The number of carbonyl (C=O) groups excluding carboxylic acids is 1. The molecule has 0 saturated carbocycles. The number of anilines is 1. The van der Waals surface area contributed by atoms with Crippen LogP contribution in [0.4, 0.5) is 14.6 Å². The van der Waals surface area contributed by atoms with Gasteiger partial charge in [0.15, 0.2) is 0 Å². The van der Waals surface area contributed by atoms with E-state index in [4.69, 9.17) is 11.6 Å². The molecule has 0 fully saturated rings. The average Bonchev–Trinajstić information content (AvgIpc) is 2.53. The smallest absolute Gasteiger partial charge is 0.425 e. The quantitative estimate of drug-likeness (QED) is 0.806. The second-order valence-electron chi connectivity index (χ2n) is 5.04. The summed E-state index contributed by atoms with van der Waals surface area (Å²) < 4.78 is 31.7. The van der Waals surface area contributed by atoms with Gasteiger partial charge in [-0.2, -0.15) is 8.78 Å². The van der Waals surface area contributed by atoms with Crippen molar-refractivity contribution in [2.45, 2.75) is 12.7 Å². The number of hydrogen-bond acceptors (Lipinski definition) is 5. The summed E-state index contributed by atoms with van der Waals surface area (Å²) in [7, 11) is 2.46. The van der Waals surface area contributed by atoms with E-state index >= 15 is 0 Å². The van der Waals surface area contributed by atoms with Crippen LogP contribution in [0.2, 0.25) is 5.15 Å². The molecule has 0 spiro atoms. The fraction of sp³-hybridized carbons (Fsp3) is 0.267. The first kappa shape index (κ1) is 17.9. The van der Waals surface area contributed by atoms with Crippen LogP contribution in [0, 0.1) is 0 Å². The maximum atomic E-state index is 13.6. The third-order valence-electron chi connectivity index (χ3n) is 2.93. The van der Waals surface area contributed by atoms with Crippen LogP contribution >= 0.6 is 11.6 Å². The van der Waals surface area contributed by atoms with Crippen molar-refractivity contribution in [2.24, 2.45) is 0 Å². The van der Waals surface area contributed by atoms with E-state index in [0.29, 0.717) is 17.5 Å². The number of carbonyl (C=O) groups is 1. The number of benzene rings is 1. The SMILES string of the molecule is CN(C)C(=O)C(F)(F)Oc1ccc(CNc2cc(Cl)ncn2)cc1. The Bertz CT molecular complexity index is 711. The van der Waals surface area contributed by atoms with Crippen molar-refractivity contribution in [2.75, 3.05) is 19.4 Å². The van der Waals surface area contributed by atoms with Crippen molar-refractivity contribution in [1.29, 1.82) is 0 Å². The summed E-state index contributed by atoms with van der Waals surface area (Å²) in [5.74, 6) is -0.989. The highest BCUT2D eigenvalue weighted by Crippen LogP contribution is 2.23. The van der Waals surface area contributed by atoms with Gasteiger partial charge >= 0.3 is 12.0 Å². The highest BCUT2D eigenvalue weighted by atomic mass is 35.5. The minimum absolute atomic E-state index is 0.107. The molecule has 0 aliphatic rings. The molecule has 0 aliphatic heterocycles. The van der Waals surface area contributed by atoms with Gasteiger partial charge in [-0.3, -0.25) is 4.79 Å². The van der Waals surface area contributed by atoms with Crippen molar-refractivity contribution in [3.63, 3.8) is 0 Å². The van der Waals surface area contributed by atoms with Crippen LogP contribution in [0.15, 0.2) is 36.7 Å². The zero-order valence-electron chi connectivity index (χ0n) is 13.0. The highest BCUT2D eigenvalue weighted by Gasteiger charge is 2.43. The fourth-order valence-corrected chi connectivity index (χ4v) is 1.90. The van der Waals surface area contributed by atoms with E-state index in [-0.39, 0.29) is 5.75 Å². The Morgan fingerprint density at radius 2 is 1.96 bits per heavy atom. The molecule has 1 amide bonds. The Morgan fingerprint density at radius 1 is 1.29 bits per heavy atom. The van der Waals surface area contributed by atoms with Crippen molar-refractivity contribution >= 4 is 23.3 Å². The largest absolute Gasteiger partial charge is 0.482 e. The number of hydrogen-bond donors (Lipinski definition) is 1. The molecular weight excluding hydrogens is 342 g/mol. The van der Waals surface area contributed by atoms with Crippen LogP contribution < -0.4 is 10.1 Å². The number of nitrogens with one attached hydrogen (secondary N) is 1. The van der Waals surface area contributed by atoms with E-state index in [2.05, 4.69) is 20.0 Å². The second-order valence-corrected chi connectivity index (χ2v) is 5.43. The van der Waals surface area contributed by atoms with Crippen LogP contribution in [0.3, 0.4) is 0 Å². The van der Waals surface area contributed by atoms with Gasteiger partial charge in [-0.25, -0.2) is 9.97 Å². The predicted molar refractivity (Wildman–Crippen MR) is 85.1 cm³/mol. The molecule has 24 heavy (non-hydrogen) atoms. The number of halogens is 3. The minimum atomic E-state index is -3.92. The lowest BCUT2D eigenvalue weighted by molar-refractivity contribution is -0.201. The van der Waals surface area contributed by atoms with Gasteiger partial charge in [0.25, 0.3) is 0 Å². The normalized spacial score (nSPS) is 11.0. The molecule has 128 valence electrons. The molecule has 1 aromatic heterocycles. The molecule has 0 radical (unpaired) electrons. The zero-order chi connectivity index (χ0) is 17.7. The summed E-state index contributed by atoms with van der Waals surface area (Å²) in [4.78, 5) is 19.9. The second kappa shape index (κ2) is 7.39. The minimum Gasteiger partial charge on any atom is -0.425 e. The lowest BCUT2D eigenvalue weighted by Gasteiger charge is -2.20. The van der Waals surface area contributed by atoms with Gasteiger partial charge in [-0.1, -0.05) is 23.7 Å². The van der Waals surface area contributed by atoms with Gasteiger partial charge < -0.3 is 15.0 Å². The van der Waals surface area contributed by atoms with Crippen molar-refractivity contribution < 1.29 is 18.3 Å². The van der Waals surface area contributed by atoms with Gasteiger partial charge in [0.1, 0.15) is 23.0 Å². The van der Waals surface area contributed by atoms with Crippen LogP contribution in [0.1, 0.15) is 5.56 Å². The Morgan fingerprint density at radius 3 is 2.54 bits per heavy atom. The number of rotatable bonds is 6. The molecule has 6 nitrogen and oxygen atoms in total. The molecule has 0 atom stereocenters. The first-order valence-corrected chi connectivity index (χ1v) is 7.24. The average molecular weight is 357 g/mol. The van der Waals surface area contributed by atoms with Gasteiger partial charge in [0, 0.05) is 26.7 Å². The number of alkyl halides is 2. The lowest BCUT2D eigenvalue weighted by Crippen LogP contribution is -2.43. The summed E-state index contributed by atoms with van der Waals surface area (Å²) in [6.45, 7) is 0.403. The molecule has 1 heterocycles. The zero-order valence-corrected chi connectivity index (χ0v) is 13.7. The number of ether oxygens (including phenoxy) is 1. The number of amides is 1. The number of likely N-dealkylation sites (N-methyl/N-ethyl adjacent to an activating group) is 1. The monoisotopic (exact) mass is 356 g/mol. The Kier molecular flexibility index (Phi) is 5.50. The van der Waals surface area contributed by atoms with E-state index in [1.165, 1.54) is 32.6 Å². The van der Waals surface area contributed by atoms with E-state index in [1.54, 1.807) is 18.2 Å². The van der Waals surface area contributed by atoms with Gasteiger partial charge in [0.2, 0.25) is 0 Å². The maximum Gasteiger partial charge on any atom is 0.482 e. The molecule has 2 aromatic rings. The van der Waals surface area contributed by atoms with Crippen molar-refractivity contribution in [3.05, 3.63) is 47.4 Å². The first-order valence-electron chi connectivity index (χ1n) is 6.87. The van der Waals surface area contributed by atoms with Crippen molar-refractivity contribution in [1.82, 2.24) is 14.9 Å². The predicted octanol–water partition coefficient (Wildman–Crippen LogP) is 2.80. The molecule has 9 heteroatoms. The Balaban J connectivity index is 1.96. The topological polar surface area (TPSA) is 67.3 Å². The summed E-state index contributed by atoms with van der Waals surface area (Å²) in [5, 5.41) is 3.33. The standard InChI is InChI=1S/C15H15ClF2N4O2/c1-22(2)14(23)15(17,18)24-11-5-3-10(4-6-11)8-19-13-7-12(16)20-9-21-13/h3-7,9H,8H2,1-2H3,(H,19,20,21). The molecule has 0 saturated heterocycles. The van der Waals surface area contributed by atoms with Crippen molar-refractivity contribution in [3.8, 4) is 5.75 Å². The van der Waals surface area contributed by atoms with E-state index in [0.717, 1.165) is 10.5 Å². The van der Waals surface area contributed by atoms with Crippen LogP contribution in [-0.2, 0) is 11.3 Å². The van der Waals surface area contributed by atoms with Gasteiger partial charge in [-0.15, -0.1) is 0 Å². The molecule has 0 bridgehead atoms. The summed E-state index contributed by atoms with van der Waals surface area (Å²) >= 11 is 5.75. The lowest BCUT2D eigenvalue weighted by atomic mass is 10.2. The van der Waals surface area contributed by atoms with E-state index in [9.17, 15) is 13.6 Å². The molecule has 1 aromatic carbocycles. The van der Waals surface area contributed by atoms with E-state index < -0.39 is 12.0 Å². The summed E-state index contributed by atoms with van der Waals surface area (Å²) in [6, 6.07) is 7.48. The summed E-state index contributed by atoms with van der Waals surface area (Å²) in [5.41, 5.74) is 0.805. The molecule has 0 aliphatic carbocycles. The van der Waals surface area contributed by atoms with Gasteiger partial charge in [0.05, 0.1) is 0 Å². The first-order chi connectivity index (χ1) is 11.3. The molecule has 2 rings (SSSR count). The third-order valence-corrected chi connectivity index (χ3v) is 3.14. The third kappa shape index (κ3) is 4.76. The Hall–Kier alpha value is -2.48.